The molecule has 0 bridgehead atoms. The van der Waals surface area contributed by atoms with E-state index in [-0.39, 0.29) is 6.10 Å². The Morgan fingerprint density at radius 2 is 1.94 bits per heavy atom. The summed E-state index contributed by atoms with van der Waals surface area (Å²) < 4.78 is 0. The van der Waals surface area contributed by atoms with E-state index in [0.717, 1.165) is 12.3 Å². The predicted molar refractivity (Wildman–Crippen MR) is 72.0 cm³/mol. The summed E-state index contributed by atoms with van der Waals surface area (Å²) in [7, 11) is 0. The average molecular weight is 232 g/mol. The molecule has 0 aromatic heterocycles. The first-order valence-electron chi connectivity index (χ1n) is 6.89. The quantitative estimate of drug-likeness (QED) is 0.842. The van der Waals surface area contributed by atoms with Crippen LogP contribution in [0.5, 0.6) is 0 Å². The Labute approximate surface area is 105 Å². The van der Waals surface area contributed by atoms with Crippen molar-refractivity contribution in [2.24, 2.45) is 11.8 Å². The molecular formula is C16H24O. The van der Waals surface area contributed by atoms with Crippen molar-refractivity contribution in [3.63, 3.8) is 0 Å². The molecule has 0 aliphatic heterocycles. The summed E-state index contributed by atoms with van der Waals surface area (Å²) in [5, 5.41) is 10.3. The topological polar surface area (TPSA) is 20.2 Å². The second kappa shape index (κ2) is 5.68. The van der Waals surface area contributed by atoms with Crippen LogP contribution in [-0.2, 0) is 6.42 Å². The highest BCUT2D eigenvalue weighted by molar-refractivity contribution is 5.22. The van der Waals surface area contributed by atoms with Crippen LogP contribution < -0.4 is 0 Å². The van der Waals surface area contributed by atoms with Gasteiger partial charge in [0.15, 0.2) is 0 Å². The standard InChI is InChI=1S/C16H24O/c1-12-6-8-15(9-7-12)16(17)11-14-5-3-4-13(2)10-14/h3-5,10,12,15-17H,6-9,11H2,1-2H3. The van der Waals surface area contributed by atoms with Gasteiger partial charge in [0.25, 0.3) is 0 Å². The molecule has 1 atom stereocenters. The first-order chi connectivity index (χ1) is 8.15. The molecule has 1 heteroatoms. The van der Waals surface area contributed by atoms with Gasteiger partial charge in [0.1, 0.15) is 0 Å². The van der Waals surface area contributed by atoms with Crippen molar-refractivity contribution in [1.82, 2.24) is 0 Å². The van der Waals surface area contributed by atoms with Crippen LogP contribution in [0.4, 0.5) is 0 Å². The number of hydrogen-bond acceptors (Lipinski definition) is 1. The third kappa shape index (κ3) is 3.57. The van der Waals surface area contributed by atoms with Crippen LogP contribution in [0.15, 0.2) is 24.3 Å². The largest absolute Gasteiger partial charge is 0.392 e. The predicted octanol–water partition coefficient (Wildman–Crippen LogP) is 3.72. The van der Waals surface area contributed by atoms with Crippen molar-refractivity contribution >= 4 is 0 Å². The summed E-state index contributed by atoms with van der Waals surface area (Å²) in [5.74, 6) is 1.38. The highest BCUT2D eigenvalue weighted by Gasteiger charge is 2.24. The summed E-state index contributed by atoms with van der Waals surface area (Å²) in [6, 6.07) is 8.51. The minimum atomic E-state index is -0.149. The molecule has 1 aromatic rings. The van der Waals surface area contributed by atoms with Crippen LogP contribution in [0.3, 0.4) is 0 Å². The summed E-state index contributed by atoms with van der Waals surface area (Å²) in [4.78, 5) is 0. The molecule has 0 amide bonds. The van der Waals surface area contributed by atoms with E-state index in [1.54, 1.807) is 0 Å². The van der Waals surface area contributed by atoms with Crippen molar-refractivity contribution < 1.29 is 5.11 Å². The monoisotopic (exact) mass is 232 g/mol. The van der Waals surface area contributed by atoms with E-state index >= 15 is 0 Å². The summed E-state index contributed by atoms with van der Waals surface area (Å²) in [5.41, 5.74) is 2.56. The lowest BCUT2D eigenvalue weighted by molar-refractivity contribution is 0.0761. The van der Waals surface area contributed by atoms with Gasteiger partial charge in [-0.2, -0.15) is 0 Å². The number of hydrogen-bond donors (Lipinski definition) is 1. The van der Waals surface area contributed by atoms with Gasteiger partial charge >= 0.3 is 0 Å². The Bertz CT molecular complexity index is 350. The number of aliphatic hydroxyl groups is 1. The normalized spacial score (nSPS) is 26.8. The van der Waals surface area contributed by atoms with Gasteiger partial charge in [-0.25, -0.2) is 0 Å². The highest BCUT2D eigenvalue weighted by atomic mass is 16.3. The van der Waals surface area contributed by atoms with Gasteiger partial charge in [-0.1, -0.05) is 49.6 Å². The van der Waals surface area contributed by atoms with Crippen molar-refractivity contribution in [1.29, 1.82) is 0 Å². The Hall–Kier alpha value is -0.820. The van der Waals surface area contributed by atoms with E-state index in [2.05, 4.69) is 38.1 Å². The average Bonchev–Trinajstić information content (AvgIpc) is 2.29. The Morgan fingerprint density at radius 3 is 2.59 bits per heavy atom. The van der Waals surface area contributed by atoms with Crippen LogP contribution in [-0.4, -0.2) is 11.2 Å². The molecule has 1 saturated carbocycles. The molecule has 0 radical (unpaired) electrons. The van der Waals surface area contributed by atoms with Crippen LogP contribution in [0.1, 0.15) is 43.7 Å². The van der Waals surface area contributed by atoms with Crippen LogP contribution in [0.2, 0.25) is 0 Å². The van der Waals surface area contributed by atoms with Crippen LogP contribution in [0.25, 0.3) is 0 Å². The van der Waals surface area contributed by atoms with Gasteiger partial charge in [-0.05, 0) is 43.6 Å². The molecule has 1 N–H and O–H groups in total. The van der Waals surface area contributed by atoms with Crippen molar-refractivity contribution in [2.75, 3.05) is 0 Å². The molecule has 1 unspecified atom stereocenters. The minimum absolute atomic E-state index is 0.149. The molecule has 1 aliphatic carbocycles. The Kier molecular flexibility index (Phi) is 4.22. The van der Waals surface area contributed by atoms with Gasteiger partial charge in [0, 0.05) is 0 Å². The second-order valence-corrected chi connectivity index (χ2v) is 5.78. The first kappa shape index (κ1) is 12.6. The van der Waals surface area contributed by atoms with Gasteiger partial charge in [-0.3, -0.25) is 0 Å². The minimum Gasteiger partial charge on any atom is -0.392 e. The van der Waals surface area contributed by atoms with E-state index in [9.17, 15) is 5.11 Å². The van der Waals surface area contributed by atoms with Gasteiger partial charge < -0.3 is 5.11 Å². The number of aryl methyl sites for hydroxylation is 1. The maximum atomic E-state index is 10.3. The van der Waals surface area contributed by atoms with Gasteiger partial charge in [-0.15, -0.1) is 0 Å². The lowest BCUT2D eigenvalue weighted by Crippen LogP contribution is -2.26. The molecule has 1 aromatic carbocycles. The molecule has 1 aliphatic rings. The molecule has 17 heavy (non-hydrogen) atoms. The summed E-state index contributed by atoms with van der Waals surface area (Å²) in [6.45, 7) is 4.43. The lowest BCUT2D eigenvalue weighted by atomic mass is 9.79. The summed E-state index contributed by atoms with van der Waals surface area (Å²) in [6.07, 6.45) is 5.65. The molecule has 2 rings (SSSR count). The van der Waals surface area contributed by atoms with Crippen LogP contribution >= 0.6 is 0 Å². The number of aliphatic hydroxyl groups excluding tert-OH is 1. The highest BCUT2D eigenvalue weighted by Crippen LogP contribution is 2.31. The van der Waals surface area contributed by atoms with E-state index in [1.807, 2.05) is 0 Å². The molecule has 1 nitrogen and oxygen atoms in total. The first-order valence-corrected chi connectivity index (χ1v) is 6.89. The molecule has 1 fully saturated rings. The number of benzene rings is 1. The van der Waals surface area contributed by atoms with Crippen LogP contribution in [0, 0.1) is 18.8 Å². The third-order valence-electron chi connectivity index (χ3n) is 4.13. The van der Waals surface area contributed by atoms with E-state index in [4.69, 9.17) is 0 Å². The Morgan fingerprint density at radius 1 is 1.24 bits per heavy atom. The number of rotatable bonds is 3. The van der Waals surface area contributed by atoms with E-state index in [1.165, 1.54) is 36.8 Å². The van der Waals surface area contributed by atoms with Gasteiger partial charge in [0.05, 0.1) is 6.10 Å². The summed E-state index contributed by atoms with van der Waals surface area (Å²) >= 11 is 0. The fourth-order valence-corrected chi connectivity index (χ4v) is 2.92. The maximum Gasteiger partial charge on any atom is 0.0608 e. The zero-order chi connectivity index (χ0) is 12.3. The lowest BCUT2D eigenvalue weighted by Gasteiger charge is -2.30. The van der Waals surface area contributed by atoms with Crippen molar-refractivity contribution in [2.45, 2.75) is 52.1 Å². The van der Waals surface area contributed by atoms with Crippen molar-refractivity contribution in [3.05, 3.63) is 35.4 Å². The molecular weight excluding hydrogens is 208 g/mol. The van der Waals surface area contributed by atoms with E-state index in [0.29, 0.717) is 5.92 Å². The van der Waals surface area contributed by atoms with Gasteiger partial charge in [0.2, 0.25) is 0 Å². The maximum absolute atomic E-state index is 10.3. The SMILES string of the molecule is Cc1cccc(CC(O)C2CCC(C)CC2)c1. The molecule has 0 spiro atoms. The third-order valence-corrected chi connectivity index (χ3v) is 4.13. The second-order valence-electron chi connectivity index (χ2n) is 5.78. The Balaban J connectivity index is 1.90. The zero-order valence-corrected chi connectivity index (χ0v) is 11.0. The van der Waals surface area contributed by atoms with Crippen molar-refractivity contribution in [3.8, 4) is 0 Å². The molecule has 0 heterocycles. The molecule has 0 saturated heterocycles. The molecule has 94 valence electrons. The van der Waals surface area contributed by atoms with E-state index < -0.39 is 0 Å². The smallest absolute Gasteiger partial charge is 0.0608 e. The fraction of sp³-hybridized carbons (Fsp3) is 0.625. The fourth-order valence-electron chi connectivity index (χ4n) is 2.92. The zero-order valence-electron chi connectivity index (χ0n) is 11.0.